The van der Waals surface area contributed by atoms with E-state index < -0.39 is 23.1 Å². The molecule has 0 spiro atoms. The number of amides is 2. The third-order valence-corrected chi connectivity index (χ3v) is 5.56. The van der Waals surface area contributed by atoms with Gasteiger partial charge in [-0.25, -0.2) is 9.37 Å². The standard InChI is InChI=1S/C23H26FN5O3/c1-12-9-15(7-8-16(12)24)27-21(31)19-13(2)18(14(3)29(19)6)20(30)22(32)28-23(4,5)17-10-25-11-26-17/h7-11H,1-6H3,(H,25,26)(H,27,31)(H,28,32). The van der Waals surface area contributed by atoms with Crippen LogP contribution in [0.2, 0.25) is 0 Å². The third kappa shape index (κ3) is 4.18. The molecule has 0 aliphatic rings. The Bertz CT molecular complexity index is 1210. The second kappa shape index (κ2) is 8.41. The van der Waals surface area contributed by atoms with Crippen LogP contribution in [0.5, 0.6) is 0 Å². The topological polar surface area (TPSA) is 109 Å². The van der Waals surface area contributed by atoms with E-state index in [2.05, 4.69) is 20.6 Å². The molecule has 2 heterocycles. The van der Waals surface area contributed by atoms with E-state index in [0.29, 0.717) is 28.2 Å². The number of rotatable bonds is 6. The molecule has 0 atom stereocenters. The lowest BCUT2D eigenvalue weighted by molar-refractivity contribution is -0.118. The van der Waals surface area contributed by atoms with Gasteiger partial charge >= 0.3 is 0 Å². The number of H-pyrrole nitrogens is 1. The Kier molecular flexibility index (Phi) is 6.03. The molecule has 0 fully saturated rings. The number of ketones is 1. The van der Waals surface area contributed by atoms with Crippen LogP contribution in [0.1, 0.15) is 57.2 Å². The van der Waals surface area contributed by atoms with Gasteiger partial charge in [-0.15, -0.1) is 0 Å². The van der Waals surface area contributed by atoms with E-state index in [1.165, 1.54) is 24.5 Å². The average molecular weight is 439 g/mol. The van der Waals surface area contributed by atoms with Gasteiger partial charge < -0.3 is 20.2 Å². The number of anilines is 1. The number of carbonyl (C=O) groups is 3. The summed E-state index contributed by atoms with van der Waals surface area (Å²) in [5.41, 5.74) is 1.82. The molecule has 1 aromatic carbocycles. The van der Waals surface area contributed by atoms with Crippen molar-refractivity contribution in [2.45, 2.75) is 40.2 Å². The van der Waals surface area contributed by atoms with E-state index in [-0.39, 0.29) is 17.1 Å². The molecule has 32 heavy (non-hydrogen) atoms. The molecular weight excluding hydrogens is 413 g/mol. The molecule has 2 amide bonds. The van der Waals surface area contributed by atoms with E-state index in [1.807, 2.05) is 0 Å². The van der Waals surface area contributed by atoms with Crippen molar-refractivity contribution in [1.82, 2.24) is 19.9 Å². The van der Waals surface area contributed by atoms with Crippen LogP contribution in [0.25, 0.3) is 0 Å². The number of nitrogens with one attached hydrogen (secondary N) is 3. The summed E-state index contributed by atoms with van der Waals surface area (Å²) in [6, 6.07) is 4.26. The molecule has 9 heteroatoms. The van der Waals surface area contributed by atoms with Gasteiger partial charge in [0.25, 0.3) is 17.6 Å². The minimum atomic E-state index is -0.871. The van der Waals surface area contributed by atoms with Gasteiger partial charge in [0, 0.05) is 24.6 Å². The predicted octanol–water partition coefficient (Wildman–Crippen LogP) is 3.30. The number of aryl methyl sites for hydroxylation is 1. The van der Waals surface area contributed by atoms with Crippen molar-refractivity contribution in [2.75, 3.05) is 5.32 Å². The van der Waals surface area contributed by atoms with E-state index in [0.717, 1.165) is 0 Å². The number of hydrogen-bond acceptors (Lipinski definition) is 4. The Labute approximate surface area is 185 Å². The molecule has 0 aliphatic heterocycles. The van der Waals surface area contributed by atoms with Crippen molar-refractivity contribution in [1.29, 1.82) is 0 Å². The van der Waals surface area contributed by atoms with E-state index >= 15 is 0 Å². The number of nitrogens with zero attached hydrogens (tertiary/aromatic N) is 2. The molecular formula is C23H26FN5O3. The lowest BCUT2D eigenvalue weighted by atomic mass is 9.99. The maximum atomic E-state index is 13.5. The van der Waals surface area contributed by atoms with Gasteiger partial charge in [0.15, 0.2) is 0 Å². The first kappa shape index (κ1) is 22.9. The predicted molar refractivity (Wildman–Crippen MR) is 118 cm³/mol. The van der Waals surface area contributed by atoms with Crippen LogP contribution in [-0.4, -0.2) is 32.1 Å². The maximum Gasteiger partial charge on any atom is 0.293 e. The second-order valence-corrected chi connectivity index (χ2v) is 8.27. The normalized spacial score (nSPS) is 11.3. The van der Waals surface area contributed by atoms with E-state index in [4.69, 9.17) is 0 Å². The highest BCUT2D eigenvalue weighted by atomic mass is 19.1. The molecule has 0 bridgehead atoms. The van der Waals surface area contributed by atoms with Crippen molar-refractivity contribution in [3.8, 4) is 0 Å². The molecule has 0 aliphatic carbocycles. The van der Waals surface area contributed by atoms with Crippen molar-refractivity contribution in [2.24, 2.45) is 7.05 Å². The highest BCUT2D eigenvalue weighted by molar-refractivity contribution is 6.43. The van der Waals surface area contributed by atoms with Crippen molar-refractivity contribution in [3.05, 3.63) is 70.3 Å². The summed E-state index contributed by atoms with van der Waals surface area (Å²) >= 11 is 0. The minimum absolute atomic E-state index is 0.170. The SMILES string of the molecule is Cc1cc(NC(=O)c2c(C)c(C(=O)C(=O)NC(C)(C)c3c[nH]cn3)c(C)n2C)ccc1F. The zero-order valence-electron chi connectivity index (χ0n) is 18.9. The molecule has 3 N–H and O–H groups in total. The summed E-state index contributed by atoms with van der Waals surface area (Å²) in [7, 11) is 1.65. The first-order chi connectivity index (χ1) is 14.9. The van der Waals surface area contributed by atoms with Gasteiger partial charge in [-0.2, -0.15) is 0 Å². The van der Waals surface area contributed by atoms with Gasteiger partial charge in [0.1, 0.15) is 11.5 Å². The summed E-state index contributed by atoms with van der Waals surface area (Å²) in [6.45, 7) is 8.37. The molecule has 3 rings (SSSR count). The number of aromatic nitrogens is 3. The first-order valence-electron chi connectivity index (χ1n) is 10.0. The fraction of sp³-hybridized carbons (Fsp3) is 0.304. The summed E-state index contributed by atoms with van der Waals surface area (Å²) in [5.74, 6) is -2.37. The first-order valence-corrected chi connectivity index (χ1v) is 10.0. The molecule has 2 aromatic heterocycles. The zero-order chi connectivity index (χ0) is 23.8. The van der Waals surface area contributed by atoms with Crippen molar-refractivity contribution < 1.29 is 18.8 Å². The zero-order valence-corrected chi connectivity index (χ0v) is 18.9. The van der Waals surface area contributed by atoms with Crippen LogP contribution < -0.4 is 10.6 Å². The lowest BCUT2D eigenvalue weighted by Gasteiger charge is -2.23. The number of carbonyl (C=O) groups excluding carboxylic acids is 3. The van der Waals surface area contributed by atoms with E-state index in [9.17, 15) is 18.8 Å². The van der Waals surface area contributed by atoms with Crippen LogP contribution in [-0.2, 0) is 17.4 Å². The molecule has 0 radical (unpaired) electrons. The molecule has 0 saturated carbocycles. The van der Waals surface area contributed by atoms with Gasteiger partial charge in [-0.05, 0) is 63.9 Å². The van der Waals surface area contributed by atoms with Crippen molar-refractivity contribution >= 4 is 23.3 Å². The molecule has 3 aromatic rings. The summed E-state index contributed by atoms with van der Waals surface area (Å²) in [6.07, 6.45) is 3.13. The number of Topliss-reactive ketones (excluding diaryl/α,β-unsaturated/α-hetero) is 1. The smallest absolute Gasteiger partial charge is 0.293 e. The number of hydrogen-bond donors (Lipinski definition) is 3. The van der Waals surface area contributed by atoms with E-state index in [1.54, 1.807) is 52.4 Å². The molecule has 0 saturated heterocycles. The minimum Gasteiger partial charge on any atom is -0.351 e. The summed E-state index contributed by atoms with van der Waals surface area (Å²) in [5, 5.41) is 5.43. The maximum absolute atomic E-state index is 13.5. The Hall–Kier alpha value is -3.75. The van der Waals surface area contributed by atoms with Crippen LogP contribution in [0.15, 0.2) is 30.7 Å². The molecule has 8 nitrogen and oxygen atoms in total. The molecule has 0 unspecified atom stereocenters. The average Bonchev–Trinajstić information content (AvgIpc) is 3.32. The number of benzene rings is 1. The number of halogens is 1. The Balaban J connectivity index is 1.87. The summed E-state index contributed by atoms with van der Waals surface area (Å²) in [4.78, 5) is 45.7. The fourth-order valence-electron chi connectivity index (χ4n) is 3.67. The Morgan fingerprint density at radius 1 is 1.16 bits per heavy atom. The Morgan fingerprint density at radius 3 is 2.44 bits per heavy atom. The second-order valence-electron chi connectivity index (χ2n) is 8.27. The Morgan fingerprint density at radius 2 is 1.84 bits per heavy atom. The van der Waals surface area contributed by atoms with Gasteiger partial charge in [-0.1, -0.05) is 0 Å². The lowest BCUT2D eigenvalue weighted by Crippen LogP contribution is -2.44. The van der Waals surface area contributed by atoms with Gasteiger partial charge in [0.05, 0.1) is 23.1 Å². The summed E-state index contributed by atoms with van der Waals surface area (Å²) < 4.78 is 15.1. The fourth-order valence-corrected chi connectivity index (χ4v) is 3.67. The van der Waals surface area contributed by atoms with Crippen LogP contribution in [0, 0.1) is 26.6 Å². The largest absolute Gasteiger partial charge is 0.351 e. The van der Waals surface area contributed by atoms with Gasteiger partial charge in [0.2, 0.25) is 0 Å². The van der Waals surface area contributed by atoms with Crippen LogP contribution >= 0.6 is 0 Å². The third-order valence-electron chi connectivity index (χ3n) is 5.56. The van der Waals surface area contributed by atoms with Crippen LogP contribution in [0.3, 0.4) is 0 Å². The van der Waals surface area contributed by atoms with Crippen LogP contribution in [0.4, 0.5) is 10.1 Å². The van der Waals surface area contributed by atoms with Gasteiger partial charge in [-0.3, -0.25) is 14.4 Å². The quantitative estimate of drug-likeness (QED) is 0.404. The highest BCUT2D eigenvalue weighted by Gasteiger charge is 2.32. The monoisotopic (exact) mass is 439 g/mol. The van der Waals surface area contributed by atoms with Crippen molar-refractivity contribution in [3.63, 3.8) is 0 Å². The molecule has 168 valence electrons. The number of imidazole rings is 1. The number of aromatic amines is 1. The highest BCUT2D eigenvalue weighted by Crippen LogP contribution is 2.24.